The summed E-state index contributed by atoms with van der Waals surface area (Å²) in [6.45, 7) is 0. The number of anilines is 1. The summed E-state index contributed by atoms with van der Waals surface area (Å²) in [5.74, 6) is 0.0866. The fourth-order valence-electron chi connectivity index (χ4n) is 2.88. The van der Waals surface area contributed by atoms with Gasteiger partial charge in [-0.3, -0.25) is 9.59 Å². The molecule has 1 aliphatic rings. The van der Waals surface area contributed by atoms with Gasteiger partial charge in [-0.05, 0) is 54.1 Å². The van der Waals surface area contributed by atoms with Crippen molar-refractivity contribution in [2.75, 3.05) is 12.4 Å². The number of benzene rings is 2. The maximum absolute atomic E-state index is 13.6. The molecule has 1 aliphatic heterocycles. The predicted octanol–water partition coefficient (Wildman–Crippen LogP) is 4.77. The molecule has 4 rings (SSSR count). The molecule has 0 fully saturated rings. The van der Waals surface area contributed by atoms with Crippen molar-refractivity contribution in [3.63, 3.8) is 0 Å². The number of hydrogen-bond donors (Lipinski definition) is 2. The Morgan fingerprint density at radius 1 is 1.04 bits per heavy atom. The zero-order valence-corrected chi connectivity index (χ0v) is 16.0. The van der Waals surface area contributed by atoms with Gasteiger partial charge in [-0.1, -0.05) is 0 Å². The Hall–Kier alpha value is -2.64. The second-order valence-electron chi connectivity index (χ2n) is 6.00. The highest BCUT2D eigenvalue weighted by atomic mass is 32.2. The van der Waals surface area contributed by atoms with Crippen LogP contribution in [0.15, 0.2) is 53.4 Å². The Kier molecular flexibility index (Phi) is 4.72. The minimum Gasteiger partial charge on any atom is -0.355 e. The summed E-state index contributed by atoms with van der Waals surface area (Å²) in [5.41, 5.74) is 3.03. The first kappa shape index (κ1) is 17.8. The minimum absolute atomic E-state index is 0.179. The molecule has 0 saturated heterocycles. The molecule has 2 heterocycles. The van der Waals surface area contributed by atoms with Crippen LogP contribution in [0.1, 0.15) is 25.6 Å². The van der Waals surface area contributed by atoms with Gasteiger partial charge in [0.1, 0.15) is 5.82 Å². The first-order chi connectivity index (χ1) is 13.0. The van der Waals surface area contributed by atoms with Gasteiger partial charge < -0.3 is 10.6 Å². The molecule has 0 saturated carbocycles. The van der Waals surface area contributed by atoms with Gasteiger partial charge >= 0.3 is 0 Å². The van der Waals surface area contributed by atoms with Gasteiger partial charge in [0.15, 0.2) is 0 Å². The Balaban J connectivity index is 1.57. The van der Waals surface area contributed by atoms with Crippen LogP contribution in [-0.2, 0) is 5.75 Å². The third-order valence-corrected chi connectivity index (χ3v) is 6.57. The highest BCUT2D eigenvalue weighted by Crippen LogP contribution is 2.45. The van der Waals surface area contributed by atoms with Gasteiger partial charge in [-0.25, -0.2) is 4.39 Å². The van der Waals surface area contributed by atoms with Crippen LogP contribution < -0.4 is 10.6 Å². The molecular formula is C20H15FN2O2S2. The first-order valence-electron chi connectivity index (χ1n) is 8.24. The summed E-state index contributed by atoms with van der Waals surface area (Å²) in [5, 5.41) is 5.40. The van der Waals surface area contributed by atoms with E-state index in [9.17, 15) is 14.0 Å². The number of fused-ring (bicyclic) bond motifs is 3. The van der Waals surface area contributed by atoms with Gasteiger partial charge in [0.2, 0.25) is 0 Å². The summed E-state index contributed by atoms with van der Waals surface area (Å²) in [6, 6.07) is 13.3. The maximum atomic E-state index is 13.6. The summed E-state index contributed by atoms with van der Waals surface area (Å²) >= 11 is 3.02. The Bertz CT molecular complexity index is 1040. The largest absolute Gasteiger partial charge is 0.355 e. The van der Waals surface area contributed by atoms with Crippen molar-refractivity contribution >= 4 is 40.6 Å². The van der Waals surface area contributed by atoms with Crippen molar-refractivity contribution in [1.82, 2.24) is 5.32 Å². The molecule has 0 atom stereocenters. The van der Waals surface area contributed by atoms with Crippen molar-refractivity contribution < 1.29 is 14.0 Å². The molecule has 0 spiro atoms. The minimum atomic E-state index is -0.280. The average Bonchev–Trinajstić information content (AvgIpc) is 3.13. The van der Waals surface area contributed by atoms with E-state index in [0.717, 1.165) is 26.7 Å². The highest BCUT2D eigenvalue weighted by molar-refractivity contribution is 7.98. The molecular weight excluding hydrogens is 383 g/mol. The molecule has 0 unspecified atom stereocenters. The molecule has 1 aromatic heterocycles. The highest BCUT2D eigenvalue weighted by Gasteiger charge is 2.22. The number of nitrogens with one attached hydrogen (secondary N) is 2. The number of carbonyl (C=O) groups excluding carboxylic acids is 2. The van der Waals surface area contributed by atoms with Crippen LogP contribution >= 0.6 is 23.1 Å². The molecule has 2 N–H and O–H groups in total. The topological polar surface area (TPSA) is 58.2 Å². The van der Waals surface area contributed by atoms with E-state index in [1.54, 1.807) is 49.1 Å². The Labute approximate surface area is 163 Å². The van der Waals surface area contributed by atoms with Crippen LogP contribution in [0.3, 0.4) is 0 Å². The second kappa shape index (κ2) is 7.17. The quantitative estimate of drug-likeness (QED) is 0.668. The van der Waals surface area contributed by atoms with E-state index in [1.165, 1.54) is 23.5 Å². The van der Waals surface area contributed by atoms with Crippen LogP contribution in [0, 0.1) is 5.82 Å². The van der Waals surface area contributed by atoms with Crippen molar-refractivity contribution in [2.24, 2.45) is 0 Å². The van der Waals surface area contributed by atoms with Crippen molar-refractivity contribution in [3.8, 4) is 10.4 Å². The van der Waals surface area contributed by atoms with Crippen LogP contribution in [-0.4, -0.2) is 18.9 Å². The zero-order valence-electron chi connectivity index (χ0n) is 14.3. The lowest BCUT2D eigenvalue weighted by atomic mass is 10.1. The van der Waals surface area contributed by atoms with E-state index in [4.69, 9.17) is 0 Å². The van der Waals surface area contributed by atoms with Crippen LogP contribution in [0.4, 0.5) is 10.1 Å². The molecule has 7 heteroatoms. The first-order valence-corrected chi connectivity index (χ1v) is 10.0. The molecule has 4 nitrogen and oxygen atoms in total. The average molecular weight is 398 g/mol. The molecule has 0 aliphatic carbocycles. The van der Waals surface area contributed by atoms with Gasteiger partial charge in [-0.2, -0.15) is 0 Å². The van der Waals surface area contributed by atoms with Gasteiger partial charge in [0.25, 0.3) is 11.8 Å². The number of thioether (sulfide) groups is 1. The standard InChI is InChI=1S/C20H15FN2O2S2/c1-22-19(24)11-2-5-14(6-3-11)23-20(25)17-8-12-10-26-16-7-4-13(21)9-15(16)18(12)27-17/h2-9H,10H2,1H3,(H,22,24)(H,23,25). The third-order valence-electron chi connectivity index (χ3n) is 4.23. The van der Waals surface area contributed by atoms with E-state index in [2.05, 4.69) is 10.6 Å². The summed E-state index contributed by atoms with van der Waals surface area (Å²) in [7, 11) is 1.57. The predicted molar refractivity (Wildman–Crippen MR) is 107 cm³/mol. The normalized spacial score (nSPS) is 12.1. The maximum Gasteiger partial charge on any atom is 0.265 e. The van der Waals surface area contributed by atoms with E-state index in [-0.39, 0.29) is 17.6 Å². The fraction of sp³-hybridized carbons (Fsp3) is 0.100. The van der Waals surface area contributed by atoms with Crippen molar-refractivity contribution in [3.05, 3.63) is 70.4 Å². The van der Waals surface area contributed by atoms with Gasteiger partial charge in [0, 0.05) is 39.4 Å². The smallest absolute Gasteiger partial charge is 0.265 e. The molecule has 0 radical (unpaired) electrons. The third kappa shape index (κ3) is 3.48. The van der Waals surface area contributed by atoms with Crippen LogP contribution in [0.2, 0.25) is 0 Å². The lowest BCUT2D eigenvalue weighted by molar-refractivity contribution is 0.0962. The van der Waals surface area contributed by atoms with E-state index in [0.29, 0.717) is 16.1 Å². The molecule has 2 amide bonds. The molecule has 3 aromatic rings. The SMILES string of the molecule is CNC(=O)c1ccc(NC(=O)c2cc3c(s2)-c2cc(F)ccc2SC3)cc1. The number of halogens is 1. The van der Waals surface area contributed by atoms with Crippen LogP contribution in [0.5, 0.6) is 0 Å². The summed E-state index contributed by atoms with van der Waals surface area (Å²) < 4.78 is 13.6. The second-order valence-corrected chi connectivity index (χ2v) is 8.07. The molecule has 136 valence electrons. The fourth-order valence-corrected chi connectivity index (χ4v) is 5.16. The van der Waals surface area contributed by atoms with E-state index < -0.39 is 0 Å². The van der Waals surface area contributed by atoms with Gasteiger partial charge in [0.05, 0.1) is 4.88 Å². The van der Waals surface area contributed by atoms with Crippen LogP contribution in [0.25, 0.3) is 10.4 Å². The molecule has 2 aromatic carbocycles. The number of carbonyl (C=O) groups is 2. The number of thiophene rings is 1. The number of hydrogen-bond acceptors (Lipinski definition) is 4. The molecule has 0 bridgehead atoms. The van der Waals surface area contributed by atoms with Crippen molar-refractivity contribution in [2.45, 2.75) is 10.6 Å². The molecule has 27 heavy (non-hydrogen) atoms. The lowest BCUT2D eigenvalue weighted by Gasteiger charge is -2.15. The van der Waals surface area contributed by atoms with E-state index in [1.807, 2.05) is 6.07 Å². The summed E-state index contributed by atoms with van der Waals surface area (Å²) in [4.78, 5) is 26.8. The zero-order chi connectivity index (χ0) is 19.0. The Morgan fingerprint density at radius 2 is 1.81 bits per heavy atom. The number of amides is 2. The van der Waals surface area contributed by atoms with Crippen molar-refractivity contribution in [1.29, 1.82) is 0 Å². The van der Waals surface area contributed by atoms with Gasteiger partial charge in [-0.15, -0.1) is 23.1 Å². The number of rotatable bonds is 3. The summed E-state index contributed by atoms with van der Waals surface area (Å²) in [6.07, 6.45) is 0. The lowest BCUT2D eigenvalue weighted by Crippen LogP contribution is -2.17. The van der Waals surface area contributed by atoms with E-state index >= 15 is 0 Å². The monoisotopic (exact) mass is 398 g/mol. The Morgan fingerprint density at radius 3 is 2.56 bits per heavy atom.